The van der Waals surface area contributed by atoms with Gasteiger partial charge in [0.25, 0.3) is 0 Å². The number of aliphatic hydroxyl groups is 2. The number of rotatable bonds is 23. The number of carbonyl (C=O) groups excluding carboxylic acids is 2. The number of Topliss-reactive ketones (excluding diaryl/α,β-unsaturated/α-hetero) is 1. The van der Waals surface area contributed by atoms with E-state index in [1.165, 1.54) is 51.9 Å². The molecule has 3 aliphatic rings. The SMILES string of the molecule is CCCCCCCCCC[C@H](O)[C@H]1CC[C@H]([C@H]2CC[C@H]([C@H](O)CCCCCCCC[C@@H]3C[C@@H](CC(C)=O)C(=O)O3)O2)O1. The number of ketones is 1. The maximum Gasteiger partial charge on any atom is 0.309 e. The molecule has 0 unspecified atom stereocenters. The largest absolute Gasteiger partial charge is 0.462 e. The number of aliphatic hydroxyl groups excluding tert-OH is 2. The van der Waals surface area contributed by atoms with Crippen LogP contribution in [-0.4, -0.2) is 64.7 Å². The first-order valence-electron chi connectivity index (χ1n) is 17.7. The normalized spacial score (nSPS) is 29.2. The van der Waals surface area contributed by atoms with Crippen LogP contribution < -0.4 is 0 Å². The van der Waals surface area contributed by atoms with Crippen LogP contribution in [0.1, 0.15) is 162 Å². The standard InChI is InChI=1S/C35H62O7/c1-3-4-5-6-7-8-12-15-18-29(37)31-20-22-33(41-31)34-23-21-32(42-34)30(38)19-16-13-10-9-11-14-17-28-25-27(24-26(2)36)35(39)40-28/h27-34,37-38H,3-25H2,1-2H3/t27-,28-,29+,30-,31-,32-,33-,34-/m1/s1. The minimum Gasteiger partial charge on any atom is -0.462 e. The Bertz CT molecular complexity index is 758. The molecule has 0 saturated carbocycles. The zero-order chi connectivity index (χ0) is 30.2. The molecular formula is C35H62O7. The van der Waals surface area contributed by atoms with Crippen LogP contribution in [0.15, 0.2) is 0 Å². The molecule has 8 atom stereocenters. The van der Waals surface area contributed by atoms with Crippen molar-refractivity contribution in [3.8, 4) is 0 Å². The van der Waals surface area contributed by atoms with Crippen LogP contribution in [0.2, 0.25) is 0 Å². The molecular weight excluding hydrogens is 532 g/mol. The lowest BCUT2D eigenvalue weighted by Gasteiger charge is -2.24. The molecule has 42 heavy (non-hydrogen) atoms. The average molecular weight is 595 g/mol. The number of esters is 1. The van der Waals surface area contributed by atoms with Crippen molar-refractivity contribution in [3.63, 3.8) is 0 Å². The summed E-state index contributed by atoms with van der Waals surface area (Å²) >= 11 is 0. The number of ether oxygens (including phenoxy) is 3. The summed E-state index contributed by atoms with van der Waals surface area (Å²) in [6, 6.07) is 0. The lowest BCUT2D eigenvalue weighted by Crippen LogP contribution is -2.33. The monoisotopic (exact) mass is 594 g/mol. The third kappa shape index (κ3) is 12.9. The van der Waals surface area contributed by atoms with Crippen molar-refractivity contribution in [3.05, 3.63) is 0 Å². The highest BCUT2D eigenvalue weighted by molar-refractivity contribution is 5.83. The summed E-state index contributed by atoms with van der Waals surface area (Å²) in [6.45, 7) is 3.78. The molecule has 244 valence electrons. The maximum atomic E-state index is 11.9. The lowest BCUT2D eigenvalue weighted by molar-refractivity contribution is -0.145. The molecule has 3 saturated heterocycles. The Balaban J connectivity index is 1.16. The van der Waals surface area contributed by atoms with Gasteiger partial charge in [-0.1, -0.05) is 90.4 Å². The molecule has 0 bridgehead atoms. The second-order valence-electron chi connectivity index (χ2n) is 13.6. The highest BCUT2D eigenvalue weighted by Crippen LogP contribution is 2.35. The van der Waals surface area contributed by atoms with Crippen LogP contribution in [0, 0.1) is 5.92 Å². The number of carbonyl (C=O) groups is 2. The smallest absolute Gasteiger partial charge is 0.309 e. The van der Waals surface area contributed by atoms with E-state index in [9.17, 15) is 19.8 Å². The first-order valence-corrected chi connectivity index (χ1v) is 17.7. The van der Waals surface area contributed by atoms with Gasteiger partial charge in [0.1, 0.15) is 11.9 Å². The third-order valence-corrected chi connectivity index (χ3v) is 9.77. The maximum absolute atomic E-state index is 11.9. The first kappa shape index (κ1) is 35.5. The van der Waals surface area contributed by atoms with Crippen molar-refractivity contribution in [2.24, 2.45) is 5.92 Å². The molecule has 0 aromatic carbocycles. The summed E-state index contributed by atoms with van der Waals surface area (Å²) in [5.41, 5.74) is 0. The molecule has 0 amide bonds. The Morgan fingerprint density at radius 1 is 0.738 bits per heavy atom. The van der Waals surface area contributed by atoms with Gasteiger partial charge in [-0.05, 0) is 64.7 Å². The van der Waals surface area contributed by atoms with Gasteiger partial charge in [0, 0.05) is 6.42 Å². The van der Waals surface area contributed by atoms with Gasteiger partial charge in [-0.25, -0.2) is 0 Å². The number of hydrogen-bond acceptors (Lipinski definition) is 7. The van der Waals surface area contributed by atoms with Gasteiger partial charge >= 0.3 is 5.97 Å². The van der Waals surface area contributed by atoms with E-state index in [2.05, 4.69) is 6.92 Å². The Hall–Kier alpha value is -1.02. The van der Waals surface area contributed by atoms with Gasteiger partial charge in [-0.2, -0.15) is 0 Å². The number of hydrogen-bond donors (Lipinski definition) is 2. The Labute approximate surface area is 255 Å². The van der Waals surface area contributed by atoms with Crippen molar-refractivity contribution in [2.45, 2.75) is 204 Å². The zero-order valence-electron chi connectivity index (χ0n) is 26.8. The summed E-state index contributed by atoms with van der Waals surface area (Å²) in [5.74, 6) is -0.379. The second kappa shape index (κ2) is 20.1. The van der Waals surface area contributed by atoms with Crippen LogP contribution in [-0.2, 0) is 23.8 Å². The summed E-state index contributed by atoms with van der Waals surface area (Å²) in [6.07, 6.45) is 23.1. The topological polar surface area (TPSA) is 102 Å². The zero-order valence-corrected chi connectivity index (χ0v) is 26.8. The second-order valence-corrected chi connectivity index (χ2v) is 13.6. The molecule has 7 nitrogen and oxygen atoms in total. The first-order chi connectivity index (χ1) is 20.4. The van der Waals surface area contributed by atoms with Gasteiger partial charge in [0.15, 0.2) is 0 Å². The fraction of sp³-hybridized carbons (Fsp3) is 0.943. The van der Waals surface area contributed by atoms with E-state index in [1.807, 2.05) is 0 Å². The fourth-order valence-electron chi connectivity index (χ4n) is 7.20. The summed E-state index contributed by atoms with van der Waals surface area (Å²) < 4.78 is 18.0. The highest BCUT2D eigenvalue weighted by atomic mass is 16.6. The molecule has 0 aromatic rings. The van der Waals surface area contributed by atoms with Crippen molar-refractivity contribution in [2.75, 3.05) is 0 Å². The predicted octanol–water partition coefficient (Wildman–Crippen LogP) is 7.37. The molecule has 3 fully saturated rings. The van der Waals surface area contributed by atoms with Crippen LogP contribution in [0.5, 0.6) is 0 Å². The number of cyclic esters (lactones) is 1. The summed E-state index contributed by atoms with van der Waals surface area (Å²) in [5, 5.41) is 21.4. The molecule has 0 radical (unpaired) electrons. The van der Waals surface area contributed by atoms with E-state index in [-0.39, 0.29) is 54.3 Å². The van der Waals surface area contributed by atoms with Gasteiger partial charge < -0.3 is 29.2 Å². The molecule has 3 aliphatic heterocycles. The average Bonchev–Trinajstić information content (AvgIpc) is 3.72. The van der Waals surface area contributed by atoms with E-state index in [4.69, 9.17) is 14.2 Å². The fourth-order valence-corrected chi connectivity index (χ4v) is 7.20. The van der Waals surface area contributed by atoms with E-state index < -0.39 is 6.10 Å². The highest BCUT2D eigenvalue weighted by Gasteiger charge is 2.40. The van der Waals surface area contributed by atoms with Crippen LogP contribution >= 0.6 is 0 Å². The summed E-state index contributed by atoms with van der Waals surface area (Å²) in [7, 11) is 0. The van der Waals surface area contributed by atoms with Crippen LogP contribution in [0.25, 0.3) is 0 Å². The van der Waals surface area contributed by atoms with Gasteiger partial charge in [0.05, 0.1) is 42.5 Å². The molecule has 7 heteroatoms. The molecule has 3 heterocycles. The van der Waals surface area contributed by atoms with Crippen LogP contribution in [0.4, 0.5) is 0 Å². The van der Waals surface area contributed by atoms with Gasteiger partial charge in [-0.15, -0.1) is 0 Å². The van der Waals surface area contributed by atoms with Crippen LogP contribution in [0.3, 0.4) is 0 Å². The van der Waals surface area contributed by atoms with E-state index >= 15 is 0 Å². The molecule has 3 rings (SSSR count). The van der Waals surface area contributed by atoms with Crippen molar-refractivity contribution in [1.29, 1.82) is 0 Å². The van der Waals surface area contributed by atoms with E-state index in [0.29, 0.717) is 12.8 Å². The molecule has 0 aliphatic carbocycles. The Morgan fingerprint density at radius 2 is 1.21 bits per heavy atom. The van der Waals surface area contributed by atoms with Crippen molar-refractivity contribution < 1.29 is 34.0 Å². The van der Waals surface area contributed by atoms with E-state index in [1.54, 1.807) is 0 Å². The predicted molar refractivity (Wildman–Crippen MR) is 165 cm³/mol. The minimum atomic E-state index is -0.417. The summed E-state index contributed by atoms with van der Waals surface area (Å²) in [4.78, 5) is 23.1. The third-order valence-electron chi connectivity index (χ3n) is 9.77. The van der Waals surface area contributed by atoms with Crippen molar-refractivity contribution >= 4 is 11.8 Å². The Morgan fingerprint density at radius 3 is 1.71 bits per heavy atom. The van der Waals surface area contributed by atoms with Crippen molar-refractivity contribution in [1.82, 2.24) is 0 Å². The quantitative estimate of drug-likeness (QED) is 0.0941. The molecule has 0 spiro atoms. The minimum absolute atomic E-state index is 0.0162. The van der Waals surface area contributed by atoms with Gasteiger partial charge in [0.2, 0.25) is 0 Å². The molecule has 2 N–H and O–H groups in total. The lowest BCUT2D eigenvalue weighted by atomic mass is 9.96. The molecule has 0 aromatic heterocycles. The van der Waals surface area contributed by atoms with Gasteiger partial charge in [-0.3, -0.25) is 4.79 Å². The number of unbranched alkanes of at least 4 members (excludes halogenated alkanes) is 12. The Kier molecular flexibility index (Phi) is 17.0. The van der Waals surface area contributed by atoms with E-state index in [0.717, 1.165) is 89.9 Å².